The summed E-state index contributed by atoms with van der Waals surface area (Å²) in [4.78, 5) is 16.7. The first kappa shape index (κ1) is 67.1. The molecule has 0 aliphatic carbocycles. The highest BCUT2D eigenvalue weighted by Gasteiger charge is 2.23. The Balaban J connectivity index is 0.000000161. The summed E-state index contributed by atoms with van der Waals surface area (Å²) in [6.45, 7) is 16.3. The highest BCUT2D eigenvalue weighted by Crippen LogP contribution is 2.36. The number of aromatic nitrogens is 6. The molecule has 3 saturated heterocycles. The zero-order valence-corrected chi connectivity index (χ0v) is 58.3. The van der Waals surface area contributed by atoms with E-state index in [-0.39, 0.29) is 23.5 Å². The van der Waals surface area contributed by atoms with E-state index in [0.29, 0.717) is 38.8 Å². The number of aliphatic hydroxyl groups excluding tert-OH is 1. The molecule has 3 unspecified atom stereocenters. The number of thioether (sulfide) groups is 3. The number of nitrogens with zero attached hydrogens (tertiary/aromatic N) is 6. The monoisotopic (exact) mass is 1370 g/mol. The van der Waals surface area contributed by atoms with Crippen LogP contribution >= 0.6 is 105 Å². The smallest absolute Gasteiger partial charge is 0.198 e. The molecule has 2 N–H and O–H groups in total. The number of hydrogen-bond donors (Lipinski definition) is 2. The molecule has 25 heteroatoms. The summed E-state index contributed by atoms with van der Waals surface area (Å²) in [5.41, 5.74) is 9.47. The predicted molar refractivity (Wildman–Crippen MR) is 367 cm³/mol. The molecule has 3 fully saturated rings. The molecule has 454 valence electrons. The lowest BCUT2D eigenvalue weighted by Crippen LogP contribution is -2.22. The zero-order chi connectivity index (χ0) is 60.3. The maximum absolute atomic E-state index is 11.9. The van der Waals surface area contributed by atoms with Crippen LogP contribution in [-0.2, 0) is 32.7 Å². The number of benzene rings is 2. The van der Waals surface area contributed by atoms with E-state index in [0.717, 1.165) is 152 Å². The van der Waals surface area contributed by atoms with Crippen LogP contribution in [-0.4, -0.2) is 133 Å². The molecule has 3 aliphatic heterocycles. The Morgan fingerprint density at radius 3 is 1.64 bits per heavy atom. The molecule has 9 heterocycles. The van der Waals surface area contributed by atoms with Gasteiger partial charge in [0.1, 0.15) is 41.1 Å². The van der Waals surface area contributed by atoms with E-state index >= 15 is 0 Å². The van der Waals surface area contributed by atoms with E-state index in [4.69, 9.17) is 98.6 Å². The summed E-state index contributed by atoms with van der Waals surface area (Å²) in [5.74, 6) is 7.97. The molecule has 0 amide bonds. The van der Waals surface area contributed by atoms with Gasteiger partial charge in [-0.25, -0.2) is 19.2 Å². The van der Waals surface area contributed by atoms with Crippen LogP contribution in [0.1, 0.15) is 19.3 Å². The Kier molecular flexibility index (Phi) is 24.4. The Labute approximate surface area is 538 Å². The summed E-state index contributed by atoms with van der Waals surface area (Å²) < 4.78 is 43.9. The number of nitrogens with one attached hydrogen (secondary N) is 1. The van der Waals surface area contributed by atoms with Crippen molar-refractivity contribution in [3.8, 4) is 34.1 Å². The summed E-state index contributed by atoms with van der Waals surface area (Å²) in [6.07, 6.45) is 6.90. The van der Waals surface area contributed by atoms with Gasteiger partial charge in [0, 0.05) is 92.6 Å². The van der Waals surface area contributed by atoms with Crippen LogP contribution in [0.4, 0.5) is 5.69 Å². The Bertz CT molecular complexity index is 3600. The average Bonchev–Trinajstić information content (AvgIpc) is 3.58. The molecule has 0 spiro atoms. The molecule has 3 aliphatic rings. The number of aromatic amines is 1. The molecule has 0 radical (unpaired) electrons. The minimum atomic E-state index is -2.17. The first-order valence-electron chi connectivity index (χ1n) is 27.7. The number of hydrogen-bond acceptors (Lipinski definition) is 13. The third-order valence-corrected chi connectivity index (χ3v) is 22.8. The largest absolute Gasteiger partial charge is 0.475 e. The number of fused-ring (bicyclic) bond motifs is 3. The number of rotatable bonds is 17. The van der Waals surface area contributed by atoms with Crippen molar-refractivity contribution in [2.45, 2.75) is 102 Å². The molecule has 13 nitrogen and oxygen atoms in total. The van der Waals surface area contributed by atoms with E-state index in [1.54, 1.807) is 24.6 Å². The van der Waals surface area contributed by atoms with Gasteiger partial charge in [-0.2, -0.15) is 39.6 Å². The van der Waals surface area contributed by atoms with Crippen molar-refractivity contribution < 1.29 is 28.3 Å². The first-order chi connectivity index (χ1) is 39.8. The summed E-state index contributed by atoms with van der Waals surface area (Å²) >= 11 is 42.6. The highest BCUT2D eigenvalue weighted by atomic mass is 35.5. The Morgan fingerprint density at radius 1 is 0.619 bits per heavy atom. The molecule has 0 bridgehead atoms. The van der Waals surface area contributed by atoms with Crippen LogP contribution in [0.5, 0.6) is 11.8 Å². The van der Waals surface area contributed by atoms with Gasteiger partial charge < -0.3 is 33.6 Å². The molecule has 6 aromatic heterocycles. The van der Waals surface area contributed by atoms with E-state index in [2.05, 4.69) is 70.7 Å². The van der Waals surface area contributed by atoms with E-state index < -0.39 is 25.9 Å². The standard InChI is InChI=1S/C25H24ClN3O2S2.C17H24Cl2N2O2SSi.C13H17Cl3N2OSi.C4H8OS/c1-33(2,30)29-19-9-7-17(8-10-19)16-3-5-18(6-4-16)25-21(26)13-22-23(28-25)14-24(27-22)31-20-11-12-32-15-20;1-25(2,3)7-5-22-11-21-15-8-13(18)17(19)20-14(15)9-16(21)23-12-4-6-24-10-12;1-20(2,3)5-4-19-8-18-11-6-9(14)13(16)17-10(11)7-12(18)15;5-4-1-2-6-3-4/h3-10,13-14,20,27H,11-12,15H2,1-2H3;8-9,12H,4-7,10-11H2,1-3H3;6-7H,4-5,8H2,1-3H3;4-5H,1-3H2. The van der Waals surface area contributed by atoms with Gasteiger partial charge in [0.25, 0.3) is 0 Å². The van der Waals surface area contributed by atoms with Gasteiger partial charge in [0.05, 0.1) is 65.7 Å². The van der Waals surface area contributed by atoms with Crippen molar-refractivity contribution in [2.75, 3.05) is 60.2 Å². The fraction of sp³-hybridized carbons (Fsp3) is 0.441. The van der Waals surface area contributed by atoms with Crippen molar-refractivity contribution in [1.29, 1.82) is 0 Å². The molecule has 84 heavy (non-hydrogen) atoms. The third kappa shape index (κ3) is 20.1. The third-order valence-electron chi connectivity index (χ3n) is 13.4. The van der Waals surface area contributed by atoms with Crippen molar-refractivity contribution in [2.24, 2.45) is 4.36 Å². The minimum Gasteiger partial charge on any atom is -0.475 e. The molecular formula is C59H73Cl6N7O6S4Si2. The average molecular weight is 1370 g/mol. The second-order valence-corrected chi connectivity index (χ2v) is 42.9. The summed E-state index contributed by atoms with van der Waals surface area (Å²) in [6, 6.07) is 29.3. The van der Waals surface area contributed by atoms with Crippen LogP contribution in [0.2, 0.25) is 81.9 Å². The molecule has 3 atom stereocenters. The number of pyridine rings is 3. The van der Waals surface area contributed by atoms with Crippen LogP contribution in [0.15, 0.2) is 89.3 Å². The van der Waals surface area contributed by atoms with Gasteiger partial charge in [-0.05, 0) is 90.1 Å². The molecule has 2 aromatic carbocycles. The van der Waals surface area contributed by atoms with Gasteiger partial charge in [-0.3, -0.25) is 4.57 Å². The fourth-order valence-electron chi connectivity index (χ4n) is 8.78. The van der Waals surface area contributed by atoms with Gasteiger partial charge in [-0.1, -0.05) is 145 Å². The second kappa shape index (κ2) is 30.6. The van der Waals surface area contributed by atoms with Crippen LogP contribution in [0.3, 0.4) is 0 Å². The van der Waals surface area contributed by atoms with Gasteiger partial charge in [0.15, 0.2) is 11.8 Å². The van der Waals surface area contributed by atoms with Gasteiger partial charge in [0.2, 0.25) is 0 Å². The summed E-state index contributed by atoms with van der Waals surface area (Å²) in [7, 11) is -4.36. The maximum atomic E-state index is 11.9. The number of aliphatic hydroxyl groups is 1. The predicted octanol–water partition coefficient (Wildman–Crippen LogP) is 18.1. The van der Waals surface area contributed by atoms with Crippen molar-refractivity contribution in [3.63, 3.8) is 0 Å². The van der Waals surface area contributed by atoms with Gasteiger partial charge in [-0.15, -0.1) is 0 Å². The van der Waals surface area contributed by atoms with E-state index in [1.807, 2.05) is 105 Å². The normalized spacial score (nSPS) is 17.2. The topological polar surface area (TPSA) is 151 Å². The Morgan fingerprint density at radius 2 is 1.13 bits per heavy atom. The SMILES string of the molecule is CS(C)(=O)=Nc1ccc(-c2ccc(-c3nc4cc(OC5CCSC5)[nH]c4cc3Cl)cc2)cc1.C[Si](C)(C)CCOCn1c(Cl)cc2nc(Cl)c(Cl)cc21.C[Si](C)(C)CCOCn1c(OC2CCSC2)cc2nc(Cl)c(Cl)cc21.OC1CCSC1. The van der Waals surface area contributed by atoms with Crippen molar-refractivity contribution >= 4 is 170 Å². The lowest BCUT2D eigenvalue weighted by atomic mass is 10.0. The molecule has 8 aromatic rings. The van der Waals surface area contributed by atoms with Crippen molar-refractivity contribution in [3.05, 3.63) is 115 Å². The second-order valence-electron chi connectivity index (χ2n) is 23.3. The fourth-order valence-corrected chi connectivity index (χ4v) is 15.2. The van der Waals surface area contributed by atoms with E-state index in [1.165, 1.54) is 0 Å². The lowest BCUT2D eigenvalue weighted by molar-refractivity contribution is 0.0791. The minimum absolute atomic E-state index is 0.00926. The number of H-pyrrole nitrogens is 1. The molecule has 0 saturated carbocycles. The maximum Gasteiger partial charge on any atom is 0.198 e. The van der Waals surface area contributed by atoms with Crippen LogP contribution < -0.4 is 9.47 Å². The summed E-state index contributed by atoms with van der Waals surface area (Å²) in [5, 5.41) is 11.3. The highest BCUT2D eigenvalue weighted by molar-refractivity contribution is 8.00. The number of ether oxygens (including phenoxy) is 4. The van der Waals surface area contributed by atoms with Crippen molar-refractivity contribution in [1.82, 2.24) is 29.1 Å². The van der Waals surface area contributed by atoms with E-state index in [9.17, 15) is 4.21 Å². The van der Waals surface area contributed by atoms with Gasteiger partial charge >= 0.3 is 0 Å². The quantitative estimate of drug-likeness (QED) is 0.0507. The molecule has 11 rings (SSSR count). The number of halogens is 6. The van der Waals surface area contributed by atoms with Crippen LogP contribution in [0, 0.1) is 0 Å². The first-order valence-corrected chi connectivity index (χ1v) is 43.2. The van der Waals surface area contributed by atoms with Crippen LogP contribution in [0.25, 0.3) is 55.5 Å². The molecular weight excluding hydrogens is 1300 g/mol. The lowest BCUT2D eigenvalue weighted by Gasteiger charge is -2.18. The Hall–Kier alpha value is -2.84. The zero-order valence-electron chi connectivity index (χ0n) is 48.5.